The molecular weight excluding hydrogens is 344 g/mol. The fourth-order valence-corrected chi connectivity index (χ4v) is 3.46. The first-order valence-corrected chi connectivity index (χ1v) is 9.36. The maximum atomic E-state index is 13.0. The van der Waals surface area contributed by atoms with E-state index in [9.17, 15) is 4.79 Å². The Bertz CT molecular complexity index is 854. The van der Waals surface area contributed by atoms with Crippen LogP contribution in [0.2, 0.25) is 0 Å². The third-order valence-electron chi connectivity index (χ3n) is 3.86. The van der Waals surface area contributed by atoms with Gasteiger partial charge in [-0.25, -0.2) is 0 Å². The molecule has 0 saturated heterocycles. The number of rotatable bonds is 5. The Labute approximate surface area is 158 Å². The second kappa shape index (κ2) is 7.79. The predicted octanol–water partition coefficient (Wildman–Crippen LogP) is 5.44. The number of hydrogen-bond acceptors (Lipinski definition) is 4. The Hall–Kier alpha value is -2.53. The zero-order valence-electron chi connectivity index (χ0n) is 15.1. The quantitative estimate of drug-likeness (QED) is 0.611. The van der Waals surface area contributed by atoms with Gasteiger partial charge >= 0.3 is 0 Å². The summed E-state index contributed by atoms with van der Waals surface area (Å²) in [6, 6.07) is 21.4. The fourth-order valence-electron chi connectivity index (χ4n) is 2.41. The Kier molecular flexibility index (Phi) is 5.47. The van der Waals surface area contributed by atoms with Crippen molar-refractivity contribution in [3.05, 3.63) is 78.0 Å². The number of carbonyl (C=O) groups is 1. The van der Waals surface area contributed by atoms with E-state index in [1.54, 1.807) is 6.07 Å². The summed E-state index contributed by atoms with van der Waals surface area (Å²) in [6.07, 6.45) is 0. The lowest BCUT2D eigenvalue weighted by atomic mass is 9.92. The molecule has 1 heterocycles. The minimum atomic E-state index is -0.387. The van der Waals surface area contributed by atoms with Gasteiger partial charge in [-0.15, -0.1) is 11.8 Å². The summed E-state index contributed by atoms with van der Waals surface area (Å²) in [4.78, 5) is 14.0. The highest BCUT2D eigenvalue weighted by Gasteiger charge is 2.25. The first kappa shape index (κ1) is 18.3. The lowest BCUT2D eigenvalue weighted by Crippen LogP contribution is -2.18. The largest absolute Gasteiger partial charge is 0.338 e. The summed E-state index contributed by atoms with van der Waals surface area (Å²) in [5.74, 6) is 0.233. The molecule has 3 rings (SSSR count). The van der Waals surface area contributed by atoms with E-state index in [1.807, 2.05) is 60.7 Å². The van der Waals surface area contributed by atoms with Crippen LogP contribution in [0.5, 0.6) is 0 Å². The van der Waals surface area contributed by atoms with Crippen molar-refractivity contribution < 1.29 is 9.32 Å². The molecule has 0 spiro atoms. The minimum absolute atomic E-state index is 0.135. The highest BCUT2D eigenvalue weighted by Crippen LogP contribution is 2.36. The molecule has 0 radical (unpaired) electrons. The van der Waals surface area contributed by atoms with Gasteiger partial charge < -0.3 is 4.52 Å². The molecule has 1 aromatic heterocycles. The molecule has 0 aliphatic rings. The van der Waals surface area contributed by atoms with Gasteiger partial charge in [0.1, 0.15) is 5.25 Å². The SMILES string of the molecule is CC(C)(C)c1cc(NC(=O)[C@H](Sc2ccccc2)c2ccccc2)on1. The van der Waals surface area contributed by atoms with E-state index in [2.05, 4.69) is 31.2 Å². The van der Waals surface area contributed by atoms with Gasteiger partial charge in [0.05, 0.1) is 5.69 Å². The van der Waals surface area contributed by atoms with Crippen LogP contribution < -0.4 is 5.32 Å². The van der Waals surface area contributed by atoms with E-state index in [1.165, 1.54) is 11.8 Å². The Morgan fingerprint density at radius 3 is 2.23 bits per heavy atom. The number of hydrogen-bond donors (Lipinski definition) is 1. The summed E-state index contributed by atoms with van der Waals surface area (Å²) in [6.45, 7) is 6.15. The second-order valence-corrected chi connectivity index (χ2v) is 8.22. The van der Waals surface area contributed by atoms with Crippen LogP contribution in [0.1, 0.15) is 37.3 Å². The summed E-state index contributed by atoms with van der Waals surface area (Å²) in [5, 5.41) is 6.54. The maximum Gasteiger partial charge on any atom is 0.244 e. The Morgan fingerprint density at radius 2 is 1.65 bits per heavy atom. The number of aromatic nitrogens is 1. The van der Waals surface area contributed by atoms with E-state index in [-0.39, 0.29) is 16.6 Å². The average Bonchev–Trinajstić information content (AvgIpc) is 3.10. The molecule has 3 aromatic rings. The normalized spacial score (nSPS) is 12.6. The number of thioether (sulfide) groups is 1. The van der Waals surface area contributed by atoms with Crippen molar-refractivity contribution in [3.8, 4) is 0 Å². The third kappa shape index (κ3) is 4.55. The molecule has 26 heavy (non-hydrogen) atoms. The molecule has 1 amide bonds. The molecule has 0 aliphatic heterocycles. The van der Waals surface area contributed by atoms with Crippen LogP contribution in [0.25, 0.3) is 0 Å². The molecule has 0 bridgehead atoms. The van der Waals surface area contributed by atoms with Crippen LogP contribution in [0, 0.1) is 0 Å². The van der Waals surface area contributed by atoms with E-state index in [4.69, 9.17) is 4.52 Å². The van der Waals surface area contributed by atoms with E-state index in [0.717, 1.165) is 16.2 Å². The average molecular weight is 366 g/mol. The van der Waals surface area contributed by atoms with Crippen LogP contribution in [0.4, 0.5) is 5.88 Å². The van der Waals surface area contributed by atoms with Crippen molar-refractivity contribution in [2.45, 2.75) is 36.3 Å². The van der Waals surface area contributed by atoms with Gasteiger partial charge in [0.25, 0.3) is 0 Å². The van der Waals surface area contributed by atoms with Crippen molar-refractivity contribution >= 4 is 23.6 Å². The fraction of sp³-hybridized carbons (Fsp3) is 0.238. The molecule has 0 fully saturated rings. The van der Waals surface area contributed by atoms with Gasteiger partial charge in [-0.05, 0) is 17.7 Å². The van der Waals surface area contributed by atoms with Gasteiger partial charge in [0.2, 0.25) is 11.8 Å². The molecule has 0 aliphatic carbocycles. The second-order valence-electron chi connectivity index (χ2n) is 7.04. The van der Waals surface area contributed by atoms with Crippen LogP contribution in [0.3, 0.4) is 0 Å². The van der Waals surface area contributed by atoms with Crippen molar-refractivity contribution in [1.29, 1.82) is 0 Å². The maximum absolute atomic E-state index is 13.0. The number of amides is 1. The molecule has 5 heteroatoms. The summed E-state index contributed by atoms with van der Waals surface area (Å²) in [5.41, 5.74) is 1.61. The zero-order chi connectivity index (χ0) is 18.6. The lowest BCUT2D eigenvalue weighted by molar-refractivity contribution is -0.115. The molecule has 0 saturated carbocycles. The predicted molar refractivity (Wildman–Crippen MR) is 105 cm³/mol. The smallest absolute Gasteiger partial charge is 0.244 e. The molecular formula is C21H22N2O2S. The number of nitrogens with one attached hydrogen (secondary N) is 1. The molecule has 2 aromatic carbocycles. The summed E-state index contributed by atoms with van der Waals surface area (Å²) in [7, 11) is 0. The van der Waals surface area contributed by atoms with Crippen molar-refractivity contribution in [2.75, 3.05) is 5.32 Å². The third-order valence-corrected chi connectivity index (χ3v) is 5.13. The molecule has 1 N–H and O–H groups in total. The van der Waals surface area contributed by atoms with Crippen LogP contribution in [-0.2, 0) is 10.2 Å². The van der Waals surface area contributed by atoms with E-state index in [0.29, 0.717) is 5.88 Å². The van der Waals surface area contributed by atoms with Gasteiger partial charge in [0, 0.05) is 16.4 Å². The van der Waals surface area contributed by atoms with Gasteiger partial charge in [0.15, 0.2) is 0 Å². The monoisotopic (exact) mass is 366 g/mol. The number of carbonyl (C=O) groups excluding carboxylic acids is 1. The highest BCUT2D eigenvalue weighted by molar-refractivity contribution is 8.00. The van der Waals surface area contributed by atoms with Crippen LogP contribution in [-0.4, -0.2) is 11.1 Å². The number of nitrogens with zero attached hydrogens (tertiary/aromatic N) is 1. The van der Waals surface area contributed by atoms with E-state index < -0.39 is 0 Å². The standard InChI is InChI=1S/C21H22N2O2S/c1-21(2,3)17-14-18(25-23-17)22-20(24)19(15-10-6-4-7-11-15)26-16-12-8-5-9-13-16/h4-14,19H,1-3H3,(H,22,24)/t19-/m1/s1. The minimum Gasteiger partial charge on any atom is -0.338 e. The van der Waals surface area contributed by atoms with Crippen molar-refractivity contribution in [3.63, 3.8) is 0 Å². The topological polar surface area (TPSA) is 55.1 Å². The van der Waals surface area contributed by atoms with E-state index >= 15 is 0 Å². The van der Waals surface area contributed by atoms with Gasteiger partial charge in [-0.3, -0.25) is 10.1 Å². The molecule has 1 atom stereocenters. The Morgan fingerprint density at radius 1 is 1.04 bits per heavy atom. The van der Waals surface area contributed by atoms with Gasteiger partial charge in [-0.1, -0.05) is 74.5 Å². The first-order chi connectivity index (χ1) is 12.4. The number of anilines is 1. The summed E-state index contributed by atoms with van der Waals surface area (Å²) < 4.78 is 5.31. The molecule has 134 valence electrons. The van der Waals surface area contributed by atoms with Crippen LogP contribution in [0.15, 0.2) is 76.1 Å². The number of benzene rings is 2. The first-order valence-electron chi connectivity index (χ1n) is 8.48. The van der Waals surface area contributed by atoms with Crippen molar-refractivity contribution in [1.82, 2.24) is 5.16 Å². The highest BCUT2D eigenvalue weighted by atomic mass is 32.2. The Balaban J connectivity index is 1.82. The summed E-state index contributed by atoms with van der Waals surface area (Å²) >= 11 is 1.51. The van der Waals surface area contributed by atoms with Crippen molar-refractivity contribution in [2.24, 2.45) is 0 Å². The van der Waals surface area contributed by atoms with Crippen LogP contribution >= 0.6 is 11.8 Å². The molecule has 0 unspecified atom stereocenters. The zero-order valence-corrected chi connectivity index (χ0v) is 15.9. The van der Waals surface area contributed by atoms with Gasteiger partial charge in [-0.2, -0.15) is 0 Å². The lowest BCUT2D eigenvalue weighted by Gasteiger charge is -2.16. The molecule has 4 nitrogen and oxygen atoms in total.